The van der Waals surface area contributed by atoms with Crippen molar-refractivity contribution in [2.24, 2.45) is 5.73 Å². The standard InChI is InChI=1S/C10H19NO/c1-2-3-4-5-6-7-8-10(11)9-12/h2,9-10H,1,3-8,11H2/t10-/m0/s1. The average Bonchev–Trinajstić information content (AvgIpc) is 2.10. The van der Waals surface area contributed by atoms with Crippen molar-refractivity contribution < 1.29 is 4.79 Å². The molecule has 0 heterocycles. The fraction of sp³-hybridized carbons (Fsp3) is 0.700. The zero-order valence-corrected chi connectivity index (χ0v) is 7.67. The third-order valence-electron chi connectivity index (χ3n) is 1.87. The van der Waals surface area contributed by atoms with Gasteiger partial charge in [0, 0.05) is 0 Å². The van der Waals surface area contributed by atoms with Crippen molar-refractivity contribution in [3.8, 4) is 0 Å². The molecule has 0 aliphatic carbocycles. The average molecular weight is 169 g/mol. The van der Waals surface area contributed by atoms with Gasteiger partial charge >= 0.3 is 0 Å². The lowest BCUT2D eigenvalue weighted by Gasteiger charge is -2.02. The van der Waals surface area contributed by atoms with Gasteiger partial charge in [-0.15, -0.1) is 6.58 Å². The van der Waals surface area contributed by atoms with Crippen LogP contribution in [-0.2, 0) is 4.79 Å². The first-order chi connectivity index (χ1) is 5.81. The number of hydrogen-bond donors (Lipinski definition) is 1. The highest BCUT2D eigenvalue weighted by molar-refractivity contribution is 5.56. The van der Waals surface area contributed by atoms with Gasteiger partial charge in [-0.2, -0.15) is 0 Å². The van der Waals surface area contributed by atoms with Crippen molar-refractivity contribution in [2.45, 2.75) is 44.6 Å². The van der Waals surface area contributed by atoms with Gasteiger partial charge in [-0.3, -0.25) is 0 Å². The molecule has 0 amide bonds. The van der Waals surface area contributed by atoms with Gasteiger partial charge in [0.2, 0.25) is 0 Å². The van der Waals surface area contributed by atoms with Crippen molar-refractivity contribution >= 4 is 6.29 Å². The molecule has 0 aliphatic rings. The molecular formula is C10H19NO. The predicted molar refractivity (Wildman–Crippen MR) is 51.9 cm³/mol. The van der Waals surface area contributed by atoms with Crippen LogP contribution in [0.3, 0.4) is 0 Å². The minimum atomic E-state index is -0.246. The highest BCUT2D eigenvalue weighted by Crippen LogP contribution is 2.05. The molecule has 0 aromatic heterocycles. The molecule has 0 fully saturated rings. The Morgan fingerprint density at radius 3 is 2.50 bits per heavy atom. The number of carbonyl (C=O) groups is 1. The Labute approximate surface area is 74.8 Å². The number of carbonyl (C=O) groups excluding carboxylic acids is 1. The second-order valence-corrected chi connectivity index (χ2v) is 3.08. The molecule has 0 bridgehead atoms. The number of rotatable bonds is 8. The maximum atomic E-state index is 10.1. The van der Waals surface area contributed by atoms with Crippen LogP contribution in [0.5, 0.6) is 0 Å². The maximum absolute atomic E-state index is 10.1. The SMILES string of the molecule is C=CCCCCCC[C@H](N)C=O. The minimum absolute atomic E-state index is 0.246. The molecule has 0 aromatic carbocycles. The van der Waals surface area contributed by atoms with Crippen LogP contribution in [0.1, 0.15) is 38.5 Å². The van der Waals surface area contributed by atoms with E-state index < -0.39 is 0 Å². The Bertz CT molecular complexity index is 123. The number of unbranched alkanes of at least 4 members (excludes halogenated alkanes) is 4. The van der Waals surface area contributed by atoms with Crippen molar-refractivity contribution in [3.05, 3.63) is 12.7 Å². The molecule has 2 heteroatoms. The van der Waals surface area contributed by atoms with E-state index in [-0.39, 0.29) is 6.04 Å². The zero-order valence-electron chi connectivity index (χ0n) is 7.67. The Morgan fingerprint density at radius 2 is 1.92 bits per heavy atom. The van der Waals surface area contributed by atoms with Gasteiger partial charge in [-0.1, -0.05) is 25.3 Å². The Morgan fingerprint density at radius 1 is 1.25 bits per heavy atom. The molecule has 0 spiro atoms. The molecule has 0 radical (unpaired) electrons. The summed E-state index contributed by atoms with van der Waals surface area (Å²) in [5.41, 5.74) is 5.43. The van der Waals surface area contributed by atoms with E-state index in [4.69, 9.17) is 5.73 Å². The highest BCUT2D eigenvalue weighted by atomic mass is 16.1. The van der Waals surface area contributed by atoms with Crippen LogP contribution in [0.15, 0.2) is 12.7 Å². The Kier molecular flexibility index (Phi) is 8.02. The van der Waals surface area contributed by atoms with Gasteiger partial charge in [0.1, 0.15) is 6.29 Å². The number of allylic oxidation sites excluding steroid dienone is 1. The minimum Gasteiger partial charge on any atom is -0.322 e. The molecule has 12 heavy (non-hydrogen) atoms. The van der Waals surface area contributed by atoms with Crippen molar-refractivity contribution in [3.63, 3.8) is 0 Å². The van der Waals surface area contributed by atoms with Gasteiger partial charge in [-0.05, 0) is 19.3 Å². The number of nitrogens with two attached hydrogens (primary N) is 1. The van der Waals surface area contributed by atoms with Gasteiger partial charge in [0.15, 0.2) is 0 Å². The predicted octanol–water partition coefficient (Wildman–Crippen LogP) is 2.04. The van der Waals surface area contributed by atoms with Crippen LogP contribution < -0.4 is 5.73 Å². The van der Waals surface area contributed by atoms with E-state index in [1.54, 1.807) is 0 Å². The van der Waals surface area contributed by atoms with Crippen LogP contribution >= 0.6 is 0 Å². The van der Waals surface area contributed by atoms with E-state index in [0.717, 1.165) is 25.5 Å². The first-order valence-electron chi connectivity index (χ1n) is 4.63. The van der Waals surface area contributed by atoms with E-state index in [1.807, 2.05) is 6.08 Å². The van der Waals surface area contributed by atoms with E-state index in [0.29, 0.717) is 0 Å². The lowest BCUT2D eigenvalue weighted by Crippen LogP contribution is -2.20. The molecule has 0 saturated heterocycles. The molecule has 0 aromatic rings. The molecule has 0 rings (SSSR count). The number of hydrogen-bond acceptors (Lipinski definition) is 2. The summed E-state index contributed by atoms with van der Waals surface area (Å²) in [5, 5.41) is 0. The third-order valence-corrected chi connectivity index (χ3v) is 1.87. The summed E-state index contributed by atoms with van der Waals surface area (Å²) in [6, 6.07) is -0.246. The van der Waals surface area contributed by atoms with Crippen molar-refractivity contribution in [2.75, 3.05) is 0 Å². The largest absolute Gasteiger partial charge is 0.322 e. The van der Waals surface area contributed by atoms with Crippen LogP contribution in [0, 0.1) is 0 Å². The molecule has 1 atom stereocenters. The normalized spacial score (nSPS) is 12.4. The highest BCUT2D eigenvalue weighted by Gasteiger charge is 1.97. The van der Waals surface area contributed by atoms with Gasteiger partial charge < -0.3 is 10.5 Å². The van der Waals surface area contributed by atoms with E-state index in [1.165, 1.54) is 19.3 Å². The quantitative estimate of drug-likeness (QED) is 0.343. The molecule has 0 aliphatic heterocycles. The topological polar surface area (TPSA) is 43.1 Å². The fourth-order valence-electron chi connectivity index (χ4n) is 1.09. The summed E-state index contributed by atoms with van der Waals surface area (Å²) in [4.78, 5) is 10.1. The molecule has 0 unspecified atom stereocenters. The second-order valence-electron chi connectivity index (χ2n) is 3.08. The van der Waals surface area contributed by atoms with Crippen LogP contribution in [0.4, 0.5) is 0 Å². The lowest BCUT2D eigenvalue weighted by atomic mass is 10.1. The van der Waals surface area contributed by atoms with Gasteiger partial charge in [0.05, 0.1) is 6.04 Å². The molecule has 70 valence electrons. The fourth-order valence-corrected chi connectivity index (χ4v) is 1.09. The summed E-state index contributed by atoms with van der Waals surface area (Å²) in [6.45, 7) is 3.65. The van der Waals surface area contributed by atoms with Crippen molar-refractivity contribution in [1.29, 1.82) is 0 Å². The first-order valence-corrected chi connectivity index (χ1v) is 4.63. The summed E-state index contributed by atoms with van der Waals surface area (Å²) in [6.07, 6.45) is 9.36. The van der Waals surface area contributed by atoms with Crippen LogP contribution in [0.2, 0.25) is 0 Å². The second kappa shape index (κ2) is 8.47. The van der Waals surface area contributed by atoms with E-state index >= 15 is 0 Å². The monoisotopic (exact) mass is 169 g/mol. The number of aldehydes is 1. The van der Waals surface area contributed by atoms with Crippen LogP contribution in [-0.4, -0.2) is 12.3 Å². The Hall–Kier alpha value is -0.630. The molecule has 0 saturated carbocycles. The van der Waals surface area contributed by atoms with Crippen LogP contribution in [0.25, 0.3) is 0 Å². The summed E-state index contributed by atoms with van der Waals surface area (Å²) >= 11 is 0. The lowest BCUT2D eigenvalue weighted by molar-refractivity contribution is -0.109. The Balaban J connectivity index is 2.99. The molecular weight excluding hydrogens is 150 g/mol. The van der Waals surface area contributed by atoms with Gasteiger partial charge in [0.25, 0.3) is 0 Å². The maximum Gasteiger partial charge on any atom is 0.136 e. The first kappa shape index (κ1) is 11.4. The van der Waals surface area contributed by atoms with Crippen molar-refractivity contribution in [1.82, 2.24) is 0 Å². The zero-order chi connectivity index (χ0) is 9.23. The molecule has 2 nitrogen and oxygen atoms in total. The third kappa shape index (κ3) is 7.48. The molecule has 2 N–H and O–H groups in total. The van der Waals surface area contributed by atoms with E-state index in [9.17, 15) is 4.79 Å². The summed E-state index contributed by atoms with van der Waals surface area (Å²) < 4.78 is 0. The summed E-state index contributed by atoms with van der Waals surface area (Å²) in [5.74, 6) is 0. The summed E-state index contributed by atoms with van der Waals surface area (Å²) in [7, 11) is 0. The smallest absolute Gasteiger partial charge is 0.136 e. The van der Waals surface area contributed by atoms with E-state index in [2.05, 4.69) is 6.58 Å². The van der Waals surface area contributed by atoms with Gasteiger partial charge in [-0.25, -0.2) is 0 Å².